The average Bonchev–Trinajstić information content (AvgIpc) is 2.81. The maximum atomic E-state index is 13.3. The second-order valence-corrected chi connectivity index (χ2v) is 8.51. The van der Waals surface area contributed by atoms with Gasteiger partial charge in [-0.25, -0.2) is 9.78 Å². The third-order valence-electron chi connectivity index (χ3n) is 5.36. The minimum Gasteiger partial charge on any atom is -0.384 e. The van der Waals surface area contributed by atoms with Crippen molar-refractivity contribution in [2.75, 3.05) is 11.5 Å². The molecule has 0 spiro atoms. The van der Waals surface area contributed by atoms with Gasteiger partial charge in [0.2, 0.25) is 0 Å². The third kappa shape index (κ3) is 3.89. The van der Waals surface area contributed by atoms with Gasteiger partial charge in [0.25, 0.3) is 11.1 Å². The molecule has 9 nitrogen and oxygen atoms in total. The van der Waals surface area contributed by atoms with Crippen molar-refractivity contribution in [3.05, 3.63) is 90.8 Å². The highest BCUT2D eigenvalue weighted by Crippen LogP contribution is 2.23. The number of nitrogen functional groups attached to an aromatic ring is 1. The van der Waals surface area contributed by atoms with Gasteiger partial charge in [0.05, 0.1) is 22.3 Å². The summed E-state index contributed by atoms with van der Waals surface area (Å²) < 4.78 is 3.34. The lowest BCUT2D eigenvalue weighted by Crippen LogP contribution is -2.41. The van der Waals surface area contributed by atoms with Gasteiger partial charge in [0.1, 0.15) is 11.4 Å². The van der Waals surface area contributed by atoms with Crippen LogP contribution in [0.4, 0.5) is 5.82 Å². The normalized spacial score (nSPS) is 11.1. The van der Waals surface area contributed by atoms with Gasteiger partial charge in [-0.05, 0) is 31.2 Å². The van der Waals surface area contributed by atoms with Crippen molar-refractivity contribution in [3.63, 3.8) is 0 Å². The Balaban J connectivity index is 1.80. The lowest BCUT2D eigenvalue weighted by atomic mass is 10.2. The SMILES string of the molecule is Cc1ccc(-n2c(SCC(=O)c3c(N)n(C)c(=O)n(C)c3=O)nc3ccccc3c2=O)cc1. The molecule has 0 unspecified atom stereocenters. The highest BCUT2D eigenvalue weighted by molar-refractivity contribution is 7.99. The summed E-state index contributed by atoms with van der Waals surface area (Å²) >= 11 is 1.02. The molecule has 0 aliphatic heterocycles. The van der Waals surface area contributed by atoms with Gasteiger partial charge in [-0.2, -0.15) is 0 Å². The average molecular weight is 464 g/mol. The molecule has 0 fully saturated rings. The Hall–Kier alpha value is -3.92. The van der Waals surface area contributed by atoms with Crippen LogP contribution in [0.5, 0.6) is 0 Å². The van der Waals surface area contributed by atoms with Crippen molar-refractivity contribution in [1.29, 1.82) is 0 Å². The number of carbonyl (C=O) groups is 1. The number of Topliss-reactive ketones (excluding diaryl/α,β-unsaturated/α-hetero) is 1. The zero-order valence-electron chi connectivity index (χ0n) is 18.2. The second kappa shape index (κ2) is 8.55. The molecule has 4 aromatic rings. The lowest BCUT2D eigenvalue weighted by Gasteiger charge is -2.14. The maximum Gasteiger partial charge on any atom is 0.332 e. The Labute approximate surface area is 192 Å². The number of nitrogens with zero attached hydrogens (tertiary/aromatic N) is 4. The van der Waals surface area contributed by atoms with E-state index in [1.165, 1.54) is 18.7 Å². The summed E-state index contributed by atoms with van der Waals surface area (Å²) in [7, 11) is 2.68. The number of nitrogens with two attached hydrogens (primary N) is 1. The van der Waals surface area contributed by atoms with Crippen LogP contribution in [-0.4, -0.2) is 30.2 Å². The van der Waals surface area contributed by atoms with E-state index in [0.29, 0.717) is 21.7 Å². The number of benzene rings is 2. The number of para-hydroxylation sites is 1. The summed E-state index contributed by atoms with van der Waals surface area (Å²) in [6.45, 7) is 1.94. The van der Waals surface area contributed by atoms with E-state index in [9.17, 15) is 19.2 Å². The van der Waals surface area contributed by atoms with E-state index in [-0.39, 0.29) is 22.7 Å². The Morgan fingerprint density at radius 3 is 2.33 bits per heavy atom. The van der Waals surface area contributed by atoms with E-state index in [2.05, 4.69) is 4.98 Å². The predicted molar refractivity (Wildman–Crippen MR) is 128 cm³/mol. The molecule has 33 heavy (non-hydrogen) atoms. The van der Waals surface area contributed by atoms with Gasteiger partial charge in [0.15, 0.2) is 10.9 Å². The Morgan fingerprint density at radius 2 is 1.64 bits per heavy atom. The van der Waals surface area contributed by atoms with Crippen LogP contribution in [0.2, 0.25) is 0 Å². The number of thioether (sulfide) groups is 1. The predicted octanol–water partition coefficient (Wildman–Crippen LogP) is 1.65. The van der Waals surface area contributed by atoms with Crippen LogP contribution in [0, 0.1) is 6.92 Å². The van der Waals surface area contributed by atoms with Crippen molar-refractivity contribution in [2.45, 2.75) is 12.1 Å². The van der Waals surface area contributed by atoms with E-state index in [0.717, 1.165) is 26.5 Å². The van der Waals surface area contributed by atoms with Crippen LogP contribution in [0.15, 0.2) is 68.1 Å². The van der Waals surface area contributed by atoms with E-state index in [1.807, 2.05) is 19.1 Å². The molecule has 2 aromatic heterocycles. The summed E-state index contributed by atoms with van der Waals surface area (Å²) in [5.41, 5.74) is 6.13. The van der Waals surface area contributed by atoms with Crippen molar-refractivity contribution in [2.24, 2.45) is 14.1 Å². The fourth-order valence-corrected chi connectivity index (χ4v) is 4.34. The van der Waals surface area contributed by atoms with Gasteiger partial charge in [-0.3, -0.25) is 28.1 Å². The van der Waals surface area contributed by atoms with Crippen molar-refractivity contribution in [3.8, 4) is 5.69 Å². The first-order valence-corrected chi connectivity index (χ1v) is 11.0. The van der Waals surface area contributed by atoms with Crippen LogP contribution in [0.25, 0.3) is 16.6 Å². The largest absolute Gasteiger partial charge is 0.384 e. The topological polar surface area (TPSA) is 122 Å². The maximum absolute atomic E-state index is 13.3. The summed E-state index contributed by atoms with van der Waals surface area (Å²) in [6.07, 6.45) is 0. The van der Waals surface area contributed by atoms with Crippen molar-refractivity contribution >= 4 is 34.3 Å². The van der Waals surface area contributed by atoms with Gasteiger partial charge in [-0.1, -0.05) is 41.6 Å². The van der Waals surface area contributed by atoms with Gasteiger partial charge in [0, 0.05) is 14.1 Å². The molecule has 2 aromatic carbocycles. The van der Waals surface area contributed by atoms with E-state index >= 15 is 0 Å². The standard InChI is InChI=1S/C23H21N5O4S/c1-13-8-10-14(11-9-13)28-20(30)15-6-4-5-7-16(15)25-22(28)33-12-17(29)18-19(24)26(2)23(32)27(3)21(18)31/h4-11H,12,24H2,1-3H3. The number of hydrogen-bond donors (Lipinski definition) is 1. The molecule has 0 aliphatic carbocycles. The van der Waals surface area contributed by atoms with Crippen molar-refractivity contribution < 1.29 is 4.79 Å². The lowest BCUT2D eigenvalue weighted by molar-refractivity contribution is 0.102. The number of hydrogen-bond acceptors (Lipinski definition) is 7. The third-order valence-corrected chi connectivity index (χ3v) is 6.30. The highest BCUT2D eigenvalue weighted by atomic mass is 32.2. The number of aryl methyl sites for hydroxylation is 1. The molecule has 0 bridgehead atoms. The van der Waals surface area contributed by atoms with Crippen LogP contribution in [0.1, 0.15) is 15.9 Å². The van der Waals surface area contributed by atoms with Crippen LogP contribution in [0.3, 0.4) is 0 Å². The molecule has 0 saturated carbocycles. The first kappa shape index (κ1) is 22.3. The molecule has 168 valence electrons. The molecule has 0 atom stereocenters. The monoisotopic (exact) mass is 463 g/mol. The molecule has 0 saturated heterocycles. The number of aromatic nitrogens is 4. The summed E-state index contributed by atoms with van der Waals surface area (Å²) in [5, 5.41) is 0.751. The molecule has 0 aliphatic rings. The first-order valence-electron chi connectivity index (χ1n) is 10.0. The van der Waals surface area contributed by atoms with Gasteiger partial charge < -0.3 is 5.73 Å². The van der Waals surface area contributed by atoms with Crippen molar-refractivity contribution in [1.82, 2.24) is 18.7 Å². The zero-order valence-corrected chi connectivity index (χ0v) is 19.0. The first-order chi connectivity index (χ1) is 15.7. The van der Waals surface area contributed by atoms with Crippen LogP contribution >= 0.6 is 11.8 Å². The second-order valence-electron chi connectivity index (χ2n) is 7.57. The van der Waals surface area contributed by atoms with Gasteiger partial charge >= 0.3 is 5.69 Å². The van der Waals surface area contributed by atoms with E-state index < -0.39 is 17.0 Å². The van der Waals surface area contributed by atoms with E-state index in [4.69, 9.17) is 5.73 Å². The number of carbonyl (C=O) groups excluding carboxylic acids is 1. The van der Waals surface area contributed by atoms with Gasteiger partial charge in [-0.15, -0.1) is 0 Å². The number of anilines is 1. The fourth-order valence-electron chi connectivity index (χ4n) is 3.45. The molecular weight excluding hydrogens is 442 g/mol. The van der Waals surface area contributed by atoms with Crippen LogP contribution < -0.4 is 22.5 Å². The number of ketones is 1. The fraction of sp³-hybridized carbons (Fsp3) is 0.174. The Morgan fingerprint density at radius 1 is 0.970 bits per heavy atom. The Kier molecular flexibility index (Phi) is 5.77. The number of rotatable bonds is 5. The molecule has 4 rings (SSSR count). The smallest absolute Gasteiger partial charge is 0.332 e. The van der Waals surface area contributed by atoms with Crippen LogP contribution in [-0.2, 0) is 14.1 Å². The Bertz CT molecular complexity index is 1580. The zero-order chi connectivity index (χ0) is 23.9. The number of fused-ring (bicyclic) bond motifs is 1. The molecular formula is C23H21N5O4S. The molecule has 2 N–H and O–H groups in total. The molecule has 10 heteroatoms. The summed E-state index contributed by atoms with van der Waals surface area (Å²) in [6, 6.07) is 14.3. The minimum absolute atomic E-state index is 0.198. The summed E-state index contributed by atoms with van der Waals surface area (Å²) in [5.74, 6) is -0.962. The molecule has 0 amide bonds. The highest BCUT2D eigenvalue weighted by Gasteiger charge is 2.22. The summed E-state index contributed by atoms with van der Waals surface area (Å²) in [4.78, 5) is 55.4. The quantitative estimate of drug-likeness (QED) is 0.271. The molecule has 2 heterocycles. The minimum atomic E-state index is -0.761. The van der Waals surface area contributed by atoms with E-state index in [1.54, 1.807) is 36.4 Å². The molecule has 0 radical (unpaired) electrons.